The van der Waals surface area contributed by atoms with E-state index >= 15 is 0 Å². The maximum Gasteiger partial charge on any atom is 0.238 e. The predicted octanol–water partition coefficient (Wildman–Crippen LogP) is 11.5. The highest BCUT2D eigenvalue weighted by atomic mass is 16.3. The Bertz CT molecular complexity index is 2860. The third-order valence-corrected chi connectivity index (χ3v) is 9.48. The van der Waals surface area contributed by atoms with Gasteiger partial charge in [0, 0.05) is 32.7 Å². The quantitative estimate of drug-likeness (QED) is 0.188. The maximum atomic E-state index is 6.49. The highest BCUT2D eigenvalue weighted by Gasteiger charge is 2.20. The molecule has 0 aliphatic carbocycles. The number of benzene rings is 7. The molecule has 10 aromatic rings. The summed E-state index contributed by atoms with van der Waals surface area (Å²) in [6, 6.07) is 58.5. The number of fused-ring (bicyclic) bond motifs is 6. The summed E-state index contributed by atoms with van der Waals surface area (Å²) in [7, 11) is 0. The summed E-state index contributed by atoms with van der Waals surface area (Å²) in [6.07, 6.45) is 0. The summed E-state index contributed by atoms with van der Waals surface area (Å²) in [6.45, 7) is 0. The number of hydrogen-bond donors (Lipinski definition) is 0. The van der Waals surface area contributed by atoms with E-state index in [0.29, 0.717) is 17.6 Å². The maximum absolute atomic E-state index is 6.49. The van der Waals surface area contributed by atoms with Crippen LogP contribution >= 0.6 is 0 Å². The van der Waals surface area contributed by atoms with Crippen molar-refractivity contribution in [2.24, 2.45) is 0 Å². The molecule has 0 atom stereocenters. The smallest absolute Gasteiger partial charge is 0.238 e. The first kappa shape index (κ1) is 28.2. The molecule has 5 nitrogen and oxygen atoms in total. The van der Waals surface area contributed by atoms with E-state index in [0.717, 1.165) is 71.6 Å². The van der Waals surface area contributed by atoms with Gasteiger partial charge in [-0.05, 0) is 52.6 Å². The SMILES string of the molecule is c1ccc(-c2nc(-c3ccc4c(c3)oc3cccc(-c5ccccc5)c34)nc(-n3c4ccccc4c4c(-c5ccccc5)cccc43)n2)cc1. The van der Waals surface area contributed by atoms with E-state index in [-0.39, 0.29) is 0 Å². The molecule has 0 amide bonds. The fourth-order valence-corrected chi connectivity index (χ4v) is 7.23. The van der Waals surface area contributed by atoms with E-state index in [2.05, 4.69) is 126 Å². The Morgan fingerprint density at radius 3 is 1.68 bits per heavy atom. The summed E-state index contributed by atoms with van der Waals surface area (Å²) in [5, 5.41) is 4.45. The van der Waals surface area contributed by atoms with Crippen LogP contribution in [0.4, 0.5) is 0 Å². The third-order valence-electron chi connectivity index (χ3n) is 9.48. The fourth-order valence-electron chi connectivity index (χ4n) is 7.23. The molecule has 0 unspecified atom stereocenters. The van der Waals surface area contributed by atoms with Gasteiger partial charge in [-0.3, -0.25) is 4.57 Å². The van der Waals surface area contributed by atoms with Crippen molar-refractivity contribution in [2.45, 2.75) is 0 Å². The van der Waals surface area contributed by atoms with Crippen LogP contribution in [0.3, 0.4) is 0 Å². The van der Waals surface area contributed by atoms with Crippen LogP contribution in [0.2, 0.25) is 0 Å². The average molecular weight is 641 g/mol. The molecule has 0 aliphatic rings. The molecular formula is C45H28N4O. The minimum Gasteiger partial charge on any atom is -0.456 e. The van der Waals surface area contributed by atoms with E-state index in [1.807, 2.05) is 48.5 Å². The van der Waals surface area contributed by atoms with E-state index < -0.39 is 0 Å². The van der Waals surface area contributed by atoms with Gasteiger partial charge in [0.1, 0.15) is 11.2 Å². The van der Waals surface area contributed by atoms with Crippen molar-refractivity contribution in [3.63, 3.8) is 0 Å². The van der Waals surface area contributed by atoms with Crippen molar-refractivity contribution in [3.8, 4) is 51.0 Å². The topological polar surface area (TPSA) is 56.7 Å². The number of hydrogen-bond acceptors (Lipinski definition) is 4. The number of para-hydroxylation sites is 1. The van der Waals surface area contributed by atoms with Gasteiger partial charge >= 0.3 is 0 Å². The van der Waals surface area contributed by atoms with E-state index in [1.165, 1.54) is 5.56 Å². The zero-order valence-electron chi connectivity index (χ0n) is 26.9. The second-order valence-electron chi connectivity index (χ2n) is 12.4. The highest BCUT2D eigenvalue weighted by Crippen LogP contribution is 2.40. The first-order chi connectivity index (χ1) is 24.8. The van der Waals surface area contributed by atoms with E-state index in [4.69, 9.17) is 19.4 Å². The lowest BCUT2D eigenvalue weighted by molar-refractivity contribution is 0.669. The van der Waals surface area contributed by atoms with Gasteiger partial charge in [0.25, 0.3) is 0 Å². The summed E-state index contributed by atoms with van der Waals surface area (Å²) < 4.78 is 8.66. The lowest BCUT2D eigenvalue weighted by Gasteiger charge is -2.11. The largest absolute Gasteiger partial charge is 0.456 e. The first-order valence-corrected chi connectivity index (χ1v) is 16.7. The van der Waals surface area contributed by atoms with Crippen LogP contribution in [0.15, 0.2) is 174 Å². The second kappa shape index (κ2) is 11.4. The molecule has 0 saturated carbocycles. The summed E-state index contributed by atoms with van der Waals surface area (Å²) >= 11 is 0. The minimum absolute atomic E-state index is 0.557. The molecule has 0 radical (unpaired) electrons. The van der Waals surface area contributed by atoms with Gasteiger partial charge < -0.3 is 4.42 Å². The van der Waals surface area contributed by atoms with Crippen LogP contribution < -0.4 is 0 Å². The second-order valence-corrected chi connectivity index (χ2v) is 12.4. The Morgan fingerprint density at radius 1 is 0.380 bits per heavy atom. The van der Waals surface area contributed by atoms with Crippen molar-refractivity contribution in [3.05, 3.63) is 170 Å². The molecule has 0 fully saturated rings. The van der Waals surface area contributed by atoms with Gasteiger partial charge in [0.15, 0.2) is 11.6 Å². The Hall–Kier alpha value is -6.85. The Balaban J connectivity index is 1.21. The Morgan fingerprint density at radius 2 is 0.960 bits per heavy atom. The molecule has 234 valence electrons. The number of furan rings is 1. The summed E-state index contributed by atoms with van der Waals surface area (Å²) in [4.78, 5) is 15.4. The van der Waals surface area contributed by atoms with Gasteiger partial charge in [-0.1, -0.05) is 140 Å². The molecule has 10 rings (SSSR count). The normalized spacial score (nSPS) is 11.6. The van der Waals surface area contributed by atoms with Crippen LogP contribution in [0.1, 0.15) is 0 Å². The Labute approximate surface area is 287 Å². The average Bonchev–Trinajstić information content (AvgIpc) is 3.74. The van der Waals surface area contributed by atoms with Gasteiger partial charge in [0.2, 0.25) is 5.95 Å². The molecule has 0 N–H and O–H groups in total. The zero-order chi connectivity index (χ0) is 33.0. The van der Waals surface area contributed by atoms with Crippen LogP contribution in [0.25, 0.3) is 94.7 Å². The fraction of sp³-hybridized carbons (Fsp3) is 0. The summed E-state index contributed by atoms with van der Waals surface area (Å²) in [5.41, 5.74) is 10.1. The summed E-state index contributed by atoms with van der Waals surface area (Å²) in [5.74, 6) is 1.73. The first-order valence-electron chi connectivity index (χ1n) is 16.7. The number of nitrogens with zero attached hydrogens (tertiary/aromatic N) is 4. The standard InChI is InChI=1S/C45H28N4O/c1-4-14-29(15-5-1)33-21-12-24-38-41(33)35-20-10-11-23-37(35)49(38)45-47-43(31-18-8-3-9-19-31)46-44(48-45)32-26-27-36-40(28-32)50-39-25-13-22-34(42(36)39)30-16-6-2-7-17-30/h1-28H. The van der Waals surface area contributed by atoms with Gasteiger partial charge in [-0.2, -0.15) is 9.97 Å². The molecule has 0 saturated heterocycles. The van der Waals surface area contributed by atoms with E-state index in [9.17, 15) is 0 Å². The lowest BCUT2D eigenvalue weighted by atomic mass is 9.99. The van der Waals surface area contributed by atoms with Crippen LogP contribution in [-0.4, -0.2) is 19.5 Å². The van der Waals surface area contributed by atoms with Crippen LogP contribution in [0, 0.1) is 0 Å². The monoisotopic (exact) mass is 640 g/mol. The van der Waals surface area contributed by atoms with Crippen molar-refractivity contribution in [2.75, 3.05) is 0 Å². The van der Waals surface area contributed by atoms with Gasteiger partial charge in [-0.25, -0.2) is 4.98 Å². The molecule has 5 heteroatoms. The minimum atomic E-state index is 0.557. The van der Waals surface area contributed by atoms with E-state index in [1.54, 1.807) is 0 Å². The Kier molecular flexibility index (Phi) is 6.42. The van der Waals surface area contributed by atoms with Crippen molar-refractivity contribution in [1.29, 1.82) is 0 Å². The molecule has 3 heterocycles. The van der Waals surface area contributed by atoms with Crippen molar-refractivity contribution < 1.29 is 4.42 Å². The van der Waals surface area contributed by atoms with Crippen LogP contribution in [0.5, 0.6) is 0 Å². The lowest BCUT2D eigenvalue weighted by Crippen LogP contribution is -2.06. The van der Waals surface area contributed by atoms with Crippen molar-refractivity contribution in [1.82, 2.24) is 19.5 Å². The van der Waals surface area contributed by atoms with Gasteiger partial charge in [0.05, 0.1) is 11.0 Å². The molecule has 50 heavy (non-hydrogen) atoms. The molecular weight excluding hydrogens is 613 g/mol. The number of aromatic nitrogens is 4. The third kappa shape index (κ3) is 4.52. The molecule has 0 bridgehead atoms. The van der Waals surface area contributed by atoms with Gasteiger partial charge in [-0.15, -0.1) is 0 Å². The zero-order valence-corrected chi connectivity index (χ0v) is 26.9. The number of rotatable bonds is 5. The molecule has 7 aromatic carbocycles. The van der Waals surface area contributed by atoms with Crippen molar-refractivity contribution >= 4 is 43.7 Å². The molecule has 3 aromatic heterocycles. The molecule has 0 spiro atoms. The molecule has 0 aliphatic heterocycles. The van der Waals surface area contributed by atoms with Crippen LogP contribution in [-0.2, 0) is 0 Å². The highest BCUT2D eigenvalue weighted by molar-refractivity contribution is 6.16. The predicted molar refractivity (Wildman–Crippen MR) is 203 cm³/mol.